The van der Waals surface area contributed by atoms with Crippen LogP contribution in [0.4, 0.5) is 0 Å². The van der Waals surface area contributed by atoms with Gasteiger partial charge in [-0.15, -0.1) is 0 Å². The molecule has 0 atom stereocenters. The van der Waals surface area contributed by atoms with E-state index in [1.807, 2.05) is 0 Å². The van der Waals surface area contributed by atoms with Crippen molar-refractivity contribution in [2.75, 3.05) is 0 Å². The highest BCUT2D eigenvalue weighted by Crippen LogP contribution is 2.18. The average molecular weight is 248 g/mol. The molecule has 0 amide bonds. The highest BCUT2D eigenvalue weighted by Gasteiger charge is 2.14. The standard InChI is InChI=1S/C12H12N2O4/c1-7-3-4-10(11(13-7)12(15)16)17-6-9-5-8(2)14-18-9/h3-5H,6H2,1-2H3,(H,15,16). The first-order chi connectivity index (χ1) is 8.56. The van der Waals surface area contributed by atoms with E-state index in [9.17, 15) is 4.79 Å². The minimum Gasteiger partial charge on any atom is -0.483 e. The minimum absolute atomic E-state index is 0.105. The molecule has 94 valence electrons. The van der Waals surface area contributed by atoms with Gasteiger partial charge in [0.15, 0.2) is 17.2 Å². The fourth-order valence-electron chi connectivity index (χ4n) is 1.45. The fraction of sp³-hybridized carbons (Fsp3) is 0.250. The summed E-state index contributed by atoms with van der Waals surface area (Å²) in [5.74, 6) is -0.381. The lowest BCUT2D eigenvalue weighted by Gasteiger charge is -2.07. The Labute approximate surface area is 103 Å². The normalized spacial score (nSPS) is 10.3. The molecule has 0 aliphatic carbocycles. The Kier molecular flexibility index (Phi) is 3.27. The number of aromatic carboxylic acids is 1. The fourth-order valence-corrected chi connectivity index (χ4v) is 1.45. The highest BCUT2D eigenvalue weighted by molar-refractivity contribution is 5.88. The number of carboxylic acids is 1. The first-order valence-electron chi connectivity index (χ1n) is 5.32. The summed E-state index contributed by atoms with van der Waals surface area (Å²) in [5.41, 5.74) is 1.26. The number of aryl methyl sites for hydroxylation is 2. The van der Waals surface area contributed by atoms with Gasteiger partial charge in [0.05, 0.1) is 5.69 Å². The predicted molar refractivity (Wildman–Crippen MR) is 61.5 cm³/mol. The quantitative estimate of drug-likeness (QED) is 0.890. The van der Waals surface area contributed by atoms with E-state index in [1.54, 1.807) is 32.0 Å². The number of carboxylic acid groups (broad SMARTS) is 1. The maximum absolute atomic E-state index is 11.0. The van der Waals surface area contributed by atoms with E-state index in [4.69, 9.17) is 14.4 Å². The van der Waals surface area contributed by atoms with Crippen LogP contribution in [0.25, 0.3) is 0 Å². The highest BCUT2D eigenvalue weighted by atomic mass is 16.5. The summed E-state index contributed by atoms with van der Waals surface area (Å²) in [6.07, 6.45) is 0. The Bertz CT molecular complexity index is 577. The van der Waals surface area contributed by atoms with Crippen molar-refractivity contribution in [3.05, 3.63) is 41.0 Å². The van der Waals surface area contributed by atoms with Gasteiger partial charge in [0, 0.05) is 11.8 Å². The monoisotopic (exact) mass is 248 g/mol. The lowest BCUT2D eigenvalue weighted by atomic mass is 10.3. The molecule has 18 heavy (non-hydrogen) atoms. The zero-order valence-corrected chi connectivity index (χ0v) is 10.0. The van der Waals surface area contributed by atoms with E-state index in [-0.39, 0.29) is 18.1 Å². The molecule has 0 aliphatic rings. The second kappa shape index (κ2) is 4.87. The second-order valence-corrected chi connectivity index (χ2v) is 3.83. The summed E-state index contributed by atoms with van der Waals surface area (Å²) in [6, 6.07) is 4.99. The van der Waals surface area contributed by atoms with Crippen molar-refractivity contribution in [2.24, 2.45) is 0 Å². The van der Waals surface area contributed by atoms with Crippen molar-refractivity contribution in [3.63, 3.8) is 0 Å². The Morgan fingerprint density at radius 1 is 1.39 bits per heavy atom. The third kappa shape index (κ3) is 2.65. The molecule has 6 nitrogen and oxygen atoms in total. The number of ether oxygens (including phenoxy) is 1. The lowest BCUT2D eigenvalue weighted by Crippen LogP contribution is -2.06. The minimum atomic E-state index is -1.12. The van der Waals surface area contributed by atoms with E-state index >= 15 is 0 Å². The number of aromatic nitrogens is 2. The molecule has 0 aromatic carbocycles. The number of hydrogen-bond acceptors (Lipinski definition) is 5. The summed E-state index contributed by atoms with van der Waals surface area (Å²) >= 11 is 0. The van der Waals surface area contributed by atoms with Gasteiger partial charge in [-0.1, -0.05) is 5.16 Å². The van der Waals surface area contributed by atoms with Crippen molar-refractivity contribution >= 4 is 5.97 Å². The average Bonchev–Trinajstić information content (AvgIpc) is 2.73. The smallest absolute Gasteiger partial charge is 0.358 e. The molecule has 0 saturated carbocycles. The zero-order valence-electron chi connectivity index (χ0n) is 10.0. The Morgan fingerprint density at radius 2 is 2.17 bits per heavy atom. The van der Waals surface area contributed by atoms with Crippen molar-refractivity contribution in [1.29, 1.82) is 0 Å². The molecular weight excluding hydrogens is 236 g/mol. The van der Waals surface area contributed by atoms with Crippen LogP contribution in [0.3, 0.4) is 0 Å². The first kappa shape index (κ1) is 12.1. The van der Waals surface area contributed by atoms with Crippen LogP contribution in [-0.4, -0.2) is 21.2 Å². The lowest BCUT2D eigenvalue weighted by molar-refractivity contribution is 0.0684. The van der Waals surface area contributed by atoms with E-state index in [0.29, 0.717) is 11.5 Å². The molecule has 0 spiro atoms. The summed E-state index contributed by atoms with van der Waals surface area (Å²) in [5, 5.41) is 12.7. The van der Waals surface area contributed by atoms with Crippen molar-refractivity contribution in [2.45, 2.75) is 20.5 Å². The number of hydrogen-bond donors (Lipinski definition) is 1. The molecule has 0 unspecified atom stereocenters. The molecule has 1 N–H and O–H groups in total. The van der Waals surface area contributed by atoms with Crippen LogP contribution < -0.4 is 4.74 Å². The number of nitrogens with zero attached hydrogens (tertiary/aromatic N) is 2. The molecule has 2 aromatic rings. The second-order valence-electron chi connectivity index (χ2n) is 3.83. The van der Waals surface area contributed by atoms with Gasteiger partial charge in [0.1, 0.15) is 6.61 Å². The van der Waals surface area contributed by atoms with Gasteiger partial charge in [-0.05, 0) is 26.0 Å². The van der Waals surface area contributed by atoms with Crippen molar-refractivity contribution in [3.8, 4) is 5.75 Å². The van der Waals surface area contributed by atoms with Crippen LogP contribution in [-0.2, 0) is 6.61 Å². The van der Waals surface area contributed by atoms with Gasteiger partial charge in [-0.3, -0.25) is 0 Å². The Morgan fingerprint density at radius 3 is 2.78 bits per heavy atom. The molecular formula is C12H12N2O4. The summed E-state index contributed by atoms with van der Waals surface area (Å²) in [7, 11) is 0. The molecule has 0 saturated heterocycles. The maximum atomic E-state index is 11.0. The largest absolute Gasteiger partial charge is 0.483 e. The van der Waals surface area contributed by atoms with E-state index in [1.165, 1.54) is 0 Å². The Balaban J connectivity index is 2.16. The number of pyridine rings is 1. The molecule has 2 heterocycles. The van der Waals surface area contributed by atoms with Crippen LogP contribution in [0.15, 0.2) is 22.7 Å². The topological polar surface area (TPSA) is 85.5 Å². The third-order valence-electron chi connectivity index (χ3n) is 2.25. The van der Waals surface area contributed by atoms with E-state index < -0.39 is 5.97 Å². The molecule has 0 aliphatic heterocycles. The molecule has 2 aromatic heterocycles. The number of carbonyl (C=O) groups is 1. The van der Waals surface area contributed by atoms with Gasteiger partial charge < -0.3 is 14.4 Å². The summed E-state index contributed by atoms with van der Waals surface area (Å²) in [6.45, 7) is 3.63. The molecule has 0 fully saturated rings. The summed E-state index contributed by atoms with van der Waals surface area (Å²) < 4.78 is 10.3. The zero-order chi connectivity index (χ0) is 13.1. The van der Waals surface area contributed by atoms with Gasteiger partial charge in [0.25, 0.3) is 0 Å². The maximum Gasteiger partial charge on any atom is 0.358 e. The molecule has 0 radical (unpaired) electrons. The predicted octanol–water partition coefficient (Wildman–Crippen LogP) is 1.96. The van der Waals surface area contributed by atoms with Gasteiger partial charge in [0.2, 0.25) is 0 Å². The van der Waals surface area contributed by atoms with E-state index in [2.05, 4.69) is 10.1 Å². The van der Waals surface area contributed by atoms with E-state index in [0.717, 1.165) is 5.69 Å². The van der Waals surface area contributed by atoms with Crippen LogP contribution in [0, 0.1) is 13.8 Å². The number of rotatable bonds is 4. The van der Waals surface area contributed by atoms with Gasteiger partial charge >= 0.3 is 5.97 Å². The van der Waals surface area contributed by atoms with Gasteiger partial charge in [-0.2, -0.15) is 0 Å². The molecule has 0 bridgehead atoms. The third-order valence-corrected chi connectivity index (χ3v) is 2.25. The van der Waals surface area contributed by atoms with Crippen LogP contribution in [0.5, 0.6) is 5.75 Å². The van der Waals surface area contributed by atoms with Crippen LogP contribution >= 0.6 is 0 Å². The summed E-state index contributed by atoms with van der Waals surface area (Å²) in [4.78, 5) is 14.9. The van der Waals surface area contributed by atoms with Crippen molar-refractivity contribution < 1.29 is 19.2 Å². The SMILES string of the molecule is Cc1cc(COc2ccc(C)nc2C(=O)O)on1. The Hall–Kier alpha value is -2.37. The van der Waals surface area contributed by atoms with Crippen molar-refractivity contribution in [1.82, 2.24) is 10.1 Å². The molecule has 6 heteroatoms. The van der Waals surface area contributed by atoms with Crippen LogP contribution in [0.2, 0.25) is 0 Å². The first-order valence-corrected chi connectivity index (χ1v) is 5.32. The van der Waals surface area contributed by atoms with Gasteiger partial charge in [-0.25, -0.2) is 9.78 Å². The molecule has 2 rings (SSSR count). The van der Waals surface area contributed by atoms with Crippen LogP contribution in [0.1, 0.15) is 27.6 Å².